The molecule has 0 unspecified atom stereocenters. The summed E-state index contributed by atoms with van der Waals surface area (Å²) >= 11 is 0. The molecule has 0 amide bonds. The van der Waals surface area contributed by atoms with Gasteiger partial charge in [0.2, 0.25) is 0 Å². The van der Waals surface area contributed by atoms with Crippen LogP contribution < -0.4 is 0 Å². The predicted octanol–water partition coefficient (Wildman–Crippen LogP) is 3.05. The smallest absolute Gasteiger partial charge is 0.0705 e. The van der Waals surface area contributed by atoms with Gasteiger partial charge in [-0.15, -0.1) is 0 Å². The fourth-order valence-corrected chi connectivity index (χ4v) is 4.75. The Morgan fingerprint density at radius 2 is 1.96 bits per heavy atom. The molecule has 0 bridgehead atoms. The highest BCUT2D eigenvalue weighted by Crippen LogP contribution is 2.28. The van der Waals surface area contributed by atoms with Crippen molar-refractivity contribution in [3.63, 3.8) is 0 Å². The molecule has 2 aliphatic rings. The molecule has 1 aromatic heterocycles. The lowest BCUT2D eigenvalue weighted by Gasteiger charge is -2.44. The number of aliphatic hydroxyl groups excluding tert-OH is 1. The Hall–Kier alpha value is -1.49. The maximum absolute atomic E-state index is 9.54. The van der Waals surface area contributed by atoms with E-state index in [9.17, 15) is 5.11 Å². The van der Waals surface area contributed by atoms with Gasteiger partial charge in [0, 0.05) is 56.5 Å². The van der Waals surface area contributed by atoms with Crippen molar-refractivity contribution in [2.75, 3.05) is 26.2 Å². The topological polar surface area (TPSA) is 39.6 Å². The monoisotopic (exact) mass is 339 g/mol. The van der Waals surface area contributed by atoms with Crippen molar-refractivity contribution >= 4 is 10.9 Å². The number of benzene rings is 1. The second-order valence-corrected chi connectivity index (χ2v) is 7.56. The summed E-state index contributed by atoms with van der Waals surface area (Å²) in [5, 5.41) is 10.8. The molecular weight excluding hydrogens is 310 g/mol. The van der Waals surface area contributed by atoms with E-state index in [0.717, 1.165) is 44.2 Å². The molecule has 1 atom stereocenters. The number of hydrogen-bond donors (Lipinski definition) is 1. The third-order valence-corrected chi connectivity index (χ3v) is 6.00. The Morgan fingerprint density at radius 1 is 1.08 bits per heavy atom. The van der Waals surface area contributed by atoms with Crippen LogP contribution in [0.25, 0.3) is 10.9 Å². The summed E-state index contributed by atoms with van der Waals surface area (Å²) < 4.78 is 0. The van der Waals surface area contributed by atoms with Gasteiger partial charge >= 0.3 is 0 Å². The molecule has 4 nitrogen and oxygen atoms in total. The van der Waals surface area contributed by atoms with Crippen molar-refractivity contribution in [3.05, 3.63) is 42.1 Å². The van der Waals surface area contributed by atoms with Gasteiger partial charge < -0.3 is 5.11 Å². The zero-order chi connectivity index (χ0) is 17.1. The highest BCUT2D eigenvalue weighted by atomic mass is 16.3. The number of hydrogen-bond acceptors (Lipinski definition) is 4. The van der Waals surface area contributed by atoms with Crippen LogP contribution in [0, 0.1) is 0 Å². The second-order valence-electron chi connectivity index (χ2n) is 7.56. The van der Waals surface area contributed by atoms with E-state index < -0.39 is 0 Å². The van der Waals surface area contributed by atoms with E-state index in [1.165, 1.54) is 36.6 Å². The SMILES string of the molecule is OCC[C@@H]1CN(Cc2cccc3ncccc23)CCN1C1CCCC1. The lowest BCUT2D eigenvalue weighted by Crippen LogP contribution is -2.56. The average Bonchev–Trinajstić information content (AvgIpc) is 3.17. The average molecular weight is 339 g/mol. The number of fused-ring (bicyclic) bond motifs is 1. The molecule has 1 aromatic carbocycles. The highest BCUT2D eigenvalue weighted by Gasteiger charge is 2.32. The first-order valence-electron chi connectivity index (χ1n) is 9.77. The fraction of sp³-hybridized carbons (Fsp3) is 0.571. The molecule has 2 heterocycles. The van der Waals surface area contributed by atoms with E-state index in [0.29, 0.717) is 12.6 Å². The molecule has 134 valence electrons. The molecule has 0 spiro atoms. The van der Waals surface area contributed by atoms with Crippen LogP contribution in [-0.4, -0.2) is 58.2 Å². The van der Waals surface area contributed by atoms with Gasteiger partial charge in [-0.1, -0.05) is 31.0 Å². The molecule has 1 saturated heterocycles. The number of piperazine rings is 1. The minimum Gasteiger partial charge on any atom is -0.396 e. The Morgan fingerprint density at radius 3 is 2.80 bits per heavy atom. The van der Waals surface area contributed by atoms with Gasteiger partial charge in [-0.05, 0) is 37.0 Å². The highest BCUT2D eigenvalue weighted by molar-refractivity contribution is 5.81. The van der Waals surface area contributed by atoms with Crippen LogP contribution in [0.1, 0.15) is 37.7 Å². The van der Waals surface area contributed by atoms with E-state index >= 15 is 0 Å². The molecule has 1 aliphatic carbocycles. The van der Waals surface area contributed by atoms with E-state index in [1.54, 1.807) is 0 Å². The van der Waals surface area contributed by atoms with Crippen molar-refractivity contribution in [3.8, 4) is 0 Å². The molecule has 1 N–H and O–H groups in total. The molecule has 2 aromatic rings. The normalized spacial score (nSPS) is 23.5. The van der Waals surface area contributed by atoms with Crippen LogP contribution in [-0.2, 0) is 6.54 Å². The summed E-state index contributed by atoms with van der Waals surface area (Å²) in [6, 6.07) is 11.9. The van der Waals surface area contributed by atoms with Crippen molar-refractivity contribution in [1.82, 2.24) is 14.8 Å². The third-order valence-electron chi connectivity index (χ3n) is 6.00. The van der Waals surface area contributed by atoms with Crippen LogP contribution >= 0.6 is 0 Å². The predicted molar refractivity (Wildman–Crippen MR) is 101 cm³/mol. The minimum atomic E-state index is 0.292. The summed E-state index contributed by atoms with van der Waals surface area (Å²) in [6.07, 6.45) is 8.20. The molecule has 4 rings (SSSR count). The molecule has 2 fully saturated rings. The van der Waals surface area contributed by atoms with Crippen molar-refractivity contribution < 1.29 is 5.11 Å². The summed E-state index contributed by atoms with van der Waals surface area (Å²) in [4.78, 5) is 9.75. The number of rotatable bonds is 5. The standard InChI is InChI=1S/C21H29N3O/c25-14-10-19-16-23(12-13-24(19)18-6-1-2-7-18)15-17-5-3-9-21-20(17)8-4-11-22-21/h3-5,8-9,11,18-19,25H,1-2,6-7,10,12-16H2/t19-/m1/s1. The minimum absolute atomic E-state index is 0.292. The Labute approximate surface area is 150 Å². The first kappa shape index (κ1) is 17.0. The number of aromatic nitrogens is 1. The van der Waals surface area contributed by atoms with E-state index in [4.69, 9.17) is 0 Å². The zero-order valence-electron chi connectivity index (χ0n) is 15.0. The summed E-state index contributed by atoms with van der Waals surface area (Å²) in [5.41, 5.74) is 2.44. The Bertz CT molecular complexity index is 693. The van der Waals surface area contributed by atoms with Gasteiger partial charge in [0.15, 0.2) is 0 Å². The van der Waals surface area contributed by atoms with Crippen LogP contribution in [0.3, 0.4) is 0 Å². The quantitative estimate of drug-likeness (QED) is 0.909. The van der Waals surface area contributed by atoms with Gasteiger partial charge in [0.1, 0.15) is 0 Å². The van der Waals surface area contributed by atoms with Gasteiger partial charge in [-0.3, -0.25) is 14.8 Å². The molecule has 1 aliphatic heterocycles. The summed E-state index contributed by atoms with van der Waals surface area (Å²) in [7, 11) is 0. The summed E-state index contributed by atoms with van der Waals surface area (Å²) in [6.45, 7) is 4.59. The van der Waals surface area contributed by atoms with Crippen molar-refractivity contribution in [2.45, 2.75) is 50.7 Å². The van der Waals surface area contributed by atoms with Gasteiger partial charge in [-0.2, -0.15) is 0 Å². The third kappa shape index (κ3) is 3.71. The molecule has 0 radical (unpaired) electrons. The number of pyridine rings is 1. The van der Waals surface area contributed by atoms with Gasteiger partial charge in [0.05, 0.1) is 5.52 Å². The lowest BCUT2D eigenvalue weighted by atomic mass is 10.0. The second kappa shape index (κ2) is 7.81. The van der Waals surface area contributed by atoms with E-state index in [1.807, 2.05) is 12.3 Å². The first-order chi connectivity index (χ1) is 12.3. The van der Waals surface area contributed by atoms with Crippen LogP contribution in [0.2, 0.25) is 0 Å². The van der Waals surface area contributed by atoms with Crippen molar-refractivity contribution in [2.24, 2.45) is 0 Å². The van der Waals surface area contributed by atoms with Crippen LogP contribution in [0.5, 0.6) is 0 Å². The maximum atomic E-state index is 9.54. The summed E-state index contributed by atoms with van der Waals surface area (Å²) in [5.74, 6) is 0. The molecule has 4 heteroatoms. The van der Waals surface area contributed by atoms with Gasteiger partial charge in [-0.25, -0.2) is 0 Å². The Balaban J connectivity index is 1.48. The van der Waals surface area contributed by atoms with E-state index in [2.05, 4.69) is 39.0 Å². The number of aliphatic hydroxyl groups is 1. The molecular formula is C21H29N3O. The van der Waals surface area contributed by atoms with Crippen molar-refractivity contribution in [1.29, 1.82) is 0 Å². The Kier molecular flexibility index (Phi) is 5.30. The number of nitrogens with zero attached hydrogens (tertiary/aromatic N) is 3. The lowest BCUT2D eigenvalue weighted by molar-refractivity contribution is 0.0269. The molecule has 25 heavy (non-hydrogen) atoms. The van der Waals surface area contributed by atoms with Gasteiger partial charge in [0.25, 0.3) is 0 Å². The largest absolute Gasteiger partial charge is 0.396 e. The molecule has 1 saturated carbocycles. The fourth-order valence-electron chi connectivity index (χ4n) is 4.75. The zero-order valence-corrected chi connectivity index (χ0v) is 15.0. The first-order valence-corrected chi connectivity index (χ1v) is 9.77. The van der Waals surface area contributed by atoms with E-state index in [-0.39, 0.29) is 0 Å². The van der Waals surface area contributed by atoms with Crippen LogP contribution in [0.4, 0.5) is 0 Å². The van der Waals surface area contributed by atoms with Crippen LogP contribution in [0.15, 0.2) is 36.5 Å². The maximum Gasteiger partial charge on any atom is 0.0705 e.